The minimum Gasteiger partial charge on any atom is -0.481 e. The van der Waals surface area contributed by atoms with Gasteiger partial charge in [-0.1, -0.05) is 6.08 Å². The Bertz CT molecular complexity index is 255. The zero-order valence-electron chi connectivity index (χ0n) is 9.24. The van der Waals surface area contributed by atoms with Crippen molar-refractivity contribution >= 4 is 12.1 Å². The second-order valence-corrected chi connectivity index (χ2v) is 4.09. The van der Waals surface area contributed by atoms with Gasteiger partial charge in [0.1, 0.15) is 5.60 Å². The number of carboxylic acid groups (broad SMARTS) is 1. The summed E-state index contributed by atoms with van der Waals surface area (Å²) in [5, 5.41) is 10.9. The number of amides is 1. The van der Waals surface area contributed by atoms with Gasteiger partial charge in [-0.2, -0.15) is 0 Å². The maximum absolute atomic E-state index is 11.2. The molecule has 0 saturated carbocycles. The summed E-state index contributed by atoms with van der Waals surface area (Å²) in [6.07, 6.45) is 0.509. The molecular formula is C10H17NO4. The molecule has 5 heteroatoms. The van der Waals surface area contributed by atoms with E-state index in [-0.39, 0.29) is 6.42 Å². The Hall–Kier alpha value is -1.52. The van der Waals surface area contributed by atoms with Gasteiger partial charge in [0.25, 0.3) is 0 Å². The molecule has 0 radical (unpaired) electrons. The molecule has 0 aromatic heterocycles. The van der Waals surface area contributed by atoms with Crippen molar-refractivity contribution in [3.63, 3.8) is 0 Å². The van der Waals surface area contributed by atoms with Crippen molar-refractivity contribution < 1.29 is 19.4 Å². The van der Waals surface area contributed by atoms with Crippen LogP contribution in [0.3, 0.4) is 0 Å². The standard InChI is InChI=1S/C10H17NO4/c1-5-7(6-8(12)13)11-9(14)15-10(2,3)4/h5,7H,1,6H2,2-4H3,(H,11,14)(H,12,13)/t7-/m0/s1. The van der Waals surface area contributed by atoms with Crippen molar-refractivity contribution in [2.45, 2.75) is 38.8 Å². The molecule has 0 aliphatic heterocycles. The first-order valence-corrected chi connectivity index (χ1v) is 4.58. The summed E-state index contributed by atoms with van der Waals surface area (Å²) in [6, 6.07) is -0.614. The number of alkyl carbamates (subject to hydrolysis) is 1. The summed E-state index contributed by atoms with van der Waals surface area (Å²) in [5.74, 6) is -1.00. The van der Waals surface area contributed by atoms with Crippen LogP contribution in [0.5, 0.6) is 0 Å². The summed E-state index contributed by atoms with van der Waals surface area (Å²) >= 11 is 0. The van der Waals surface area contributed by atoms with Crippen LogP contribution in [0.4, 0.5) is 4.79 Å². The molecule has 0 heterocycles. The highest BCUT2D eigenvalue weighted by molar-refractivity contribution is 5.72. The van der Waals surface area contributed by atoms with E-state index in [0.29, 0.717) is 0 Å². The normalized spacial score (nSPS) is 12.7. The van der Waals surface area contributed by atoms with E-state index in [9.17, 15) is 9.59 Å². The molecule has 0 rings (SSSR count). The summed E-state index contributed by atoms with van der Waals surface area (Å²) in [4.78, 5) is 21.6. The van der Waals surface area contributed by atoms with Crippen LogP contribution >= 0.6 is 0 Å². The van der Waals surface area contributed by atoms with E-state index >= 15 is 0 Å². The lowest BCUT2D eigenvalue weighted by molar-refractivity contribution is -0.137. The van der Waals surface area contributed by atoms with Crippen LogP contribution < -0.4 is 5.32 Å². The van der Waals surface area contributed by atoms with Crippen LogP contribution in [0, 0.1) is 0 Å². The lowest BCUT2D eigenvalue weighted by Gasteiger charge is -2.21. The van der Waals surface area contributed by atoms with Crippen molar-refractivity contribution in [3.8, 4) is 0 Å². The predicted molar refractivity (Wildman–Crippen MR) is 55.6 cm³/mol. The fourth-order valence-corrected chi connectivity index (χ4v) is 0.840. The minimum atomic E-state index is -1.00. The first-order chi connectivity index (χ1) is 6.74. The summed E-state index contributed by atoms with van der Waals surface area (Å²) in [7, 11) is 0. The molecule has 0 fully saturated rings. The van der Waals surface area contributed by atoms with Gasteiger partial charge in [-0.05, 0) is 20.8 Å². The van der Waals surface area contributed by atoms with Crippen molar-refractivity contribution in [1.29, 1.82) is 0 Å². The summed E-state index contributed by atoms with van der Waals surface area (Å²) in [5.41, 5.74) is -0.598. The summed E-state index contributed by atoms with van der Waals surface area (Å²) in [6.45, 7) is 8.62. The molecule has 0 aromatic rings. The van der Waals surface area contributed by atoms with E-state index in [4.69, 9.17) is 9.84 Å². The molecule has 0 aromatic carbocycles. The van der Waals surface area contributed by atoms with Crippen LogP contribution in [0.15, 0.2) is 12.7 Å². The lowest BCUT2D eigenvalue weighted by atomic mass is 10.2. The number of hydrogen-bond donors (Lipinski definition) is 2. The van der Waals surface area contributed by atoms with Crippen molar-refractivity contribution in [2.75, 3.05) is 0 Å². The van der Waals surface area contributed by atoms with E-state index in [1.807, 2.05) is 0 Å². The van der Waals surface area contributed by atoms with Crippen molar-refractivity contribution in [2.24, 2.45) is 0 Å². The van der Waals surface area contributed by atoms with Gasteiger partial charge in [-0.25, -0.2) is 4.79 Å². The third-order valence-corrected chi connectivity index (χ3v) is 1.38. The highest BCUT2D eigenvalue weighted by Gasteiger charge is 2.19. The van der Waals surface area contributed by atoms with Gasteiger partial charge in [0.05, 0.1) is 12.5 Å². The Labute approximate surface area is 89.1 Å². The maximum atomic E-state index is 11.2. The van der Waals surface area contributed by atoms with Gasteiger partial charge in [-0.3, -0.25) is 4.79 Å². The molecule has 0 unspecified atom stereocenters. The topological polar surface area (TPSA) is 75.6 Å². The van der Waals surface area contributed by atoms with E-state index in [1.54, 1.807) is 20.8 Å². The molecule has 2 N–H and O–H groups in total. The van der Waals surface area contributed by atoms with E-state index < -0.39 is 23.7 Å². The van der Waals surface area contributed by atoms with Crippen LogP contribution in [0.1, 0.15) is 27.2 Å². The van der Waals surface area contributed by atoms with Crippen LogP contribution in [0.25, 0.3) is 0 Å². The second-order valence-electron chi connectivity index (χ2n) is 4.09. The summed E-state index contributed by atoms with van der Waals surface area (Å²) < 4.78 is 4.96. The Kier molecular flexibility index (Phi) is 4.84. The number of rotatable bonds is 4. The smallest absolute Gasteiger partial charge is 0.408 e. The van der Waals surface area contributed by atoms with Crippen LogP contribution in [-0.2, 0) is 9.53 Å². The molecule has 1 amide bonds. The van der Waals surface area contributed by atoms with E-state index in [0.717, 1.165) is 0 Å². The fourth-order valence-electron chi connectivity index (χ4n) is 0.840. The van der Waals surface area contributed by atoms with Gasteiger partial charge < -0.3 is 15.2 Å². The number of carbonyl (C=O) groups is 2. The second kappa shape index (κ2) is 5.38. The first kappa shape index (κ1) is 13.5. The molecule has 0 aliphatic carbocycles. The Morgan fingerprint density at radius 2 is 2.07 bits per heavy atom. The largest absolute Gasteiger partial charge is 0.481 e. The van der Waals surface area contributed by atoms with Gasteiger partial charge in [0, 0.05) is 0 Å². The SMILES string of the molecule is C=C[C@@H](CC(=O)O)NC(=O)OC(C)(C)C. The fraction of sp³-hybridized carbons (Fsp3) is 0.600. The van der Waals surface area contributed by atoms with Crippen molar-refractivity contribution in [3.05, 3.63) is 12.7 Å². The molecule has 86 valence electrons. The molecule has 0 bridgehead atoms. The Morgan fingerprint density at radius 1 is 1.53 bits per heavy atom. The third-order valence-electron chi connectivity index (χ3n) is 1.38. The highest BCUT2D eigenvalue weighted by Crippen LogP contribution is 2.07. The van der Waals surface area contributed by atoms with Gasteiger partial charge >= 0.3 is 12.1 Å². The Balaban J connectivity index is 4.13. The molecular weight excluding hydrogens is 198 g/mol. The number of ether oxygens (including phenoxy) is 1. The molecule has 0 aliphatic rings. The molecule has 5 nitrogen and oxygen atoms in total. The third kappa shape index (κ3) is 7.54. The Morgan fingerprint density at radius 3 is 2.40 bits per heavy atom. The quantitative estimate of drug-likeness (QED) is 0.697. The van der Waals surface area contributed by atoms with Crippen LogP contribution in [-0.4, -0.2) is 28.8 Å². The lowest BCUT2D eigenvalue weighted by Crippen LogP contribution is -2.39. The zero-order valence-corrected chi connectivity index (χ0v) is 9.24. The minimum absolute atomic E-state index is 0.206. The molecule has 0 spiro atoms. The average molecular weight is 215 g/mol. The molecule has 1 atom stereocenters. The maximum Gasteiger partial charge on any atom is 0.408 e. The molecule has 0 saturated heterocycles. The van der Waals surface area contributed by atoms with Gasteiger partial charge in [-0.15, -0.1) is 6.58 Å². The number of aliphatic carboxylic acids is 1. The monoisotopic (exact) mass is 215 g/mol. The van der Waals surface area contributed by atoms with E-state index in [2.05, 4.69) is 11.9 Å². The van der Waals surface area contributed by atoms with Gasteiger partial charge in [0.2, 0.25) is 0 Å². The average Bonchev–Trinajstić information content (AvgIpc) is 1.98. The van der Waals surface area contributed by atoms with Crippen molar-refractivity contribution in [1.82, 2.24) is 5.32 Å². The van der Waals surface area contributed by atoms with E-state index in [1.165, 1.54) is 6.08 Å². The molecule has 15 heavy (non-hydrogen) atoms. The number of nitrogens with one attached hydrogen (secondary N) is 1. The predicted octanol–water partition coefficient (Wildman–Crippen LogP) is 1.54. The number of hydrogen-bond acceptors (Lipinski definition) is 3. The van der Waals surface area contributed by atoms with Gasteiger partial charge in [0.15, 0.2) is 0 Å². The highest BCUT2D eigenvalue weighted by atomic mass is 16.6. The number of carbonyl (C=O) groups excluding carboxylic acids is 1. The first-order valence-electron chi connectivity index (χ1n) is 4.58. The zero-order chi connectivity index (χ0) is 12.1. The number of carboxylic acids is 1. The van der Waals surface area contributed by atoms with Crippen LogP contribution in [0.2, 0.25) is 0 Å².